The molecule has 3 nitrogen and oxygen atoms in total. The Kier molecular flexibility index (Phi) is 5.98. The lowest BCUT2D eigenvalue weighted by Gasteiger charge is -2.12. The van der Waals surface area contributed by atoms with Gasteiger partial charge in [0.2, 0.25) is 0 Å². The molecule has 0 spiro atoms. The number of rotatable bonds is 7. The molecule has 3 heteroatoms. The summed E-state index contributed by atoms with van der Waals surface area (Å²) < 4.78 is 16.2. The molecule has 17 heavy (non-hydrogen) atoms. The van der Waals surface area contributed by atoms with Gasteiger partial charge in [-0.15, -0.1) is 6.42 Å². The van der Waals surface area contributed by atoms with Crippen molar-refractivity contribution in [1.29, 1.82) is 0 Å². The lowest BCUT2D eigenvalue weighted by Crippen LogP contribution is -2.07. The minimum absolute atomic E-state index is 0.503. The summed E-state index contributed by atoms with van der Waals surface area (Å²) in [7, 11) is 0. The maximum atomic E-state index is 5.57. The van der Waals surface area contributed by atoms with Gasteiger partial charge in [-0.2, -0.15) is 0 Å². The molecule has 0 aromatic heterocycles. The van der Waals surface area contributed by atoms with Crippen LogP contribution in [0, 0.1) is 12.3 Å². The van der Waals surface area contributed by atoms with Crippen molar-refractivity contribution >= 4 is 0 Å². The highest BCUT2D eigenvalue weighted by Crippen LogP contribution is 2.28. The molecule has 1 aromatic rings. The van der Waals surface area contributed by atoms with Crippen LogP contribution in [0.1, 0.15) is 19.4 Å². The first-order chi connectivity index (χ1) is 8.31. The molecular weight excluding hydrogens is 216 g/mol. The van der Waals surface area contributed by atoms with E-state index in [9.17, 15) is 0 Å². The van der Waals surface area contributed by atoms with Crippen LogP contribution in [0.3, 0.4) is 0 Å². The largest absolute Gasteiger partial charge is 0.490 e. The van der Waals surface area contributed by atoms with E-state index in [0.29, 0.717) is 37.9 Å². The fraction of sp³-hybridized carbons (Fsp3) is 0.429. The van der Waals surface area contributed by atoms with Gasteiger partial charge >= 0.3 is 0 Å². The van der Waals surface area contributed by atoms with E-state index in [2.05, 4.69) is 5.92 Å². The summed E-state index contributed by atoms with van der Waals surface area (Å²) in [4.78, 5) is 0. The normalized spacial score (nSPS) is 9.71. The highest BCUT2D eigenvalue weighted by molar-refractivity contribution is 5.47. The van der Waals surface area contributed by atoms with Crippen molar-refractivity contribution in [3.63, 3.8) is 0 Å². The predicted octanol–water partition coefficient (Wildman–Crippen LogP) is 2.48. The number of terminal acetylenes is 1. The van der Waals surface area contributed by atoms with Crippen molar-refractivity contribution in [2.75, 3.05) is 26.4 Å². The molecule has 0 heterocycles. The number of ether oxygens (including phenoxy) is 3. The van der Waals surface area contributed by atoms with E-state index in [1.54, 1.807) is 6.07 Å². The Labute approximate surface area is 103 Å². The molecule has 0 aliphatic heterocycles. The van der Waals surface area contributed by atoms with E-state index in [4.69, 9.17) is 20.6 Å². The molecule has 0 unspecified atom stereocenters. The Hall–Kier alpha value is -1.66. The summed E-state index contributed by atoms with van der Waals surface area (Å²) in [6, 6.07) is 5.46. The fourth-order valence-corrected chi connectivity index (χ4v) is 1.34. The van der Waals surface area contributed by atoms with Crippen LogP contribution >= 0.6 is 0 Å². The predicted molar refractivity (Wildman–Crippen MR) is 67.5 cm³/mol. The lowest BCUT2D eigenvalue weighted by molar-refractivity contribution is 0.108. The highest BCUT2D eigenvalue weighted by atomic mass is 16.5. The zero-order valence-electron chi connectivity index (χ0n) is 10.4. The maximum absolute atomic E-state index is 5.57. The number of hydrogen-bond donors (Lipinski definition) is 0. The van der Waals surface area contributed by atoms with Gasteiger partial charge in [0.15, 0.2) is 11.5 Å². The Bertz CT molecular complexity index is 380. The summed E-state index contributed by atoms with van der Waals surface area (Å²) in [6.45, 7) is 6.22. The molecule has 1 rings (SSSR count). The van der Waals surface area contributed by atoms with Crippen molar-refractivity contribution < 1.29 is 14.2 Å². The molecule has 0 radical (unpaired) electrons. The zero-order chi connectivity index (χ0) is 12.5. The van der Waals surface area contributed by atoms with Crippen LogP contribution in [0.2, 0.25) is 0 Å². The van der Waals surface area contributed by atoms with Crippen molar-refractivity contribution in [3.8, 4) is 23.8 Å². The third kappa shape index (κ3) is 4.38. The number of benzene rings is 1. The smallest absolute Gasteiger partial charge is 0.162 e. The minimum Gasteiger partial charge on any atom is -0.490 e. The van der Waals surface area contributed by atoms with Gasteiger partial charge in [0.1, 0.15) is 6.61 Å². The van der Waals surface area contributed by atoms with Gasteiger partial charge < -0.3 is 14.2 Å². The second-order valence-electron chi connectivity index (χ2n) is 3.28. The van der Waals surface area contributed by atoms with E-state index in [1.807, 2.05) is 26.0 Å². The van der Waals surface area contributed by atoms with Crippen LogP contribution < -0.4 is 9.47 Å². The molecule has 0 aliphatic carbocycles. The fourth-order valence-electron chi connectivity index (χ4n) is 1.34. The second kappa shape index (κ2) is 7.59. The van der Waals surface area contributed by atoms with Crippen LogP contribution in [-0.4, -0.2) is 26.4 Å². The van der Waals surface area contributed by atoms with Gasteiger partial charge in [-0.1, -0.05) is 5.92 Å². The molecular formula is C14H18O3. The van der Waals surface area contributed by atoms with Crippen molar-refractivity contribution in [1.82, 2.24) is 0 Å². The summed E-state index contributed by atoms with van der Waals surface area (Å²) in [6.07, 6.45) is 5.34. The summed E-state index contributed by atoms with van der Waals surface area (Å²) in [5.41, 5.74) is 0.783. The first-order valence-corrected chi connectivity index (χ1v) is 5.75. The molecule has 0 saturated heterocycles. The maximum Gasteiger partial charge on any atom is 0.162 e. The van der Waals surface area contributed by atoms with Crippen molar-refractivity contribution in [2.45, 2.75) is 13.8 Å². The van der Waals surface area contributed by atoms with Crippen molar-refractivity contribution in [3.05, 3.63) is 23.8 Å². The molecule has 0 aliphatic rings. The Morgan fingerprint density at radius 3 is 2.53 bits per heavy atom. The van der Waals surface area contributed by atoms with Crippen molar-refractivity contribution in [2.24, 2.45) is 0 Å². The molecule has 0 bridgehead atoms. The second-order valence-corrected chi connectivity index (χ2v) is 3.28. The summed E-state index contributed by atoms with van der Waals surface area (Å²) >= 11 is 0. The average Bonchev–Trinajstić information content (AvgIpc) is 2.36. The quantitative estimate of drug-likeness (QED) is 0.536. The molecule has 1 aromatic carbocycles. The highest BCUT2D eigenvalue weighted by Gasteiger charge is 2.05. The van der Waals surface area contributed by atoms with Gasteiger partial charge in [0, 0.05) is 12.2 Å². The van der Waals surface area contributed by atoms with E-state index in [-0.39, 0.29) is 0 Å². The topological polar surface area (TPSA) is 27.7 Å². The number of hydrogen-bond acceptors (Lipinski definition) is 3. The minimum atomic E-state index is 0.503. The Balaban J connectivity index is 2.66. The molecule has 0 fully saturated rings. The van der Waals surface area contributed by atoms with E-state index < -0.39 is 0 Å². The average molecular weight is 234 g/mol. The Morgan fingerprint density at radius 2 is 1.88 bits per heavy atom. The third-order valence-corrected chi connectivity index (χ3v) is 2.10. The molecule has 0 amide bonds. The van der Waals surface area contributed by atoms with Crippen LogP contribution in [0.5, 0.6) is 11.5 Å². The molecule has 0 N–H and O–H groups in total. The van der Waals surface area contributed by atoms with Crippen LogP contribution in [0.15, 0.2) is 18.2 Å². The standard InChI is InChI=1S/C14H18O3/c1-4-12-7-8-13(14(11-12)16-6-3)17-10-9-15-5-2/h1,7-8,11H,5-6,9-10H2,2-3H3. The SMILES string of the molecule is C#Cc1ccc(OCCOCC)c(OCC)c1. The summed E-state index contributed by atoms with van der Waals surface area (Å²) in [5.74, 6) is 3.95. The van der Waals surface area contributed by atoms with E-state index in [1.165, 1.54) is 0 Å². The van der Waals surface area contributed by atoms with Gasteiger partial charge in [0.25, 0.3) is 0 Å². The van der Waals surface area contributed by atoms with Crippen LogP contribution in [0.25, 0.3) is 0 Å². The van der Waals surface area contributed by atoms with Gasteiger partial charge in [-0.25, -0.2) is 0 Å². The lowest BCUT2D eigenvalue weighted by atomic mass is 10.2. The molecule has 0 atom stereocenters. The first-order valence-electron chi connectivity index (χ1n) is 5.75. The van der Waals surface area contributed by atoms with E-state index in [0.717, 1.165) is 5.56 Å². The zero-order valence-corrected chi connectivity index (χ0v) is 10.4. The van der Waals surface area contributed by atoms with E-state index >= 15 is 0 Å². The van der Waals surface area contributed by atoms with Gasteiger partial charge in [-0.05, 0) is 32.0 Å². The molecule has 0 saturated carbocycles. The van der Waals surface area contributed by atoms with Gasteiger partial charge in [0.05, 0.1) is 13.2 Å². The first kappa shape index (κ1) is 13.4. The van der Waals surface area contributed by atoms with Gasteiger partial charge in [-0.3, -0.25) is 0 Å². The summed E-state index contributed by atoms with van der Waals surface area (Å²) in [5, 5.41) is 0. The molecule has 92 valence electrons. The third-order valence-electron chi connectivity index (χ3n) is 2.10. The monoisotopic (exact) mass is 234 g/mol. The van der Waals surface area contributed by atoms with Crippen LogP contribution in [-0.2, 0) is 4.74 Å². The van der Waals surface area contributed by atoms with Crippen LogP contribution in [0.4, 0.5) is 0 Å². The Morgan fingerprint density at radius 1 is 1.06 bits per heavy atom.